The smallest absolute Gasteiger partial charge is 0.279 e. The van der Waals surface area contributed by atoms with Crippen LogP contribution in [0.25, 0.3) is 16.5 Å². The number of ether oxygens (including phenoxy) is 2. The molecule has 8 rings (SSSR count). The molecule has 6 aromatic rings. The number of aromatic nitrogens is 2. The van der Waals surface area contributed by atoms with E-state index in [0.717, 1.165) is 27.4 Å². The predicted octanol–water partition coefficient (Wildman–Crippen LogP) is 7.22. The Hall–Kier alpha value is -5.59. The van der Waals surface area contributed by atoms with Crippen molar-refractivity contribution in [1.82, 2.24) is 14.7 Å². The van der Waals surface area contributed by atoms with E-state index in [2.05, 4.69) is 37.2 Å². The number of hydrogen-bond donors (Lipinski definition) is 1. The van der Waals surface area contributed by atoms with Gasteiger partial charge >= 0.3 is 0 Å². The molecule has 12 heteroatoms. The van der Waals surface area contributed by atoms with Crippen LogP contribution in [0.15, 0.2) is 132 Å². The molecule has 0 saturated carbocycles. The topological polar surface area (TPSA) is 114 Å². The van der Waals surface area contributed by atoms with Crippen molar-refractivity contribution in [3.8, 4) is 11.4 Å². The second-order valence-corrected chi connectivity index (χ2v) is 21.2. The molecular weight excluding hydrogens is 780 g/mol. The Balaban J connectivity index is 1.15. The molecule has 1 aromatic heterocycles. The van der Waals surface area contributed by atoms with Crippen LogP contribution in [0.5, 0.6) is 5.75 Å². The molecule has 1 N–H and O–H groups in total. The normalized spacial score (nSPS) is 20.0. The summed E-state index contributed by atoms with van der Waals surface area (Å²) in [4.78, 5) is 46.5. The molecule has 10 nitrogen and oxygen atoms in total. The van der Waals surface area contributed by atoms with Crippen LogP contribution in [0.1, 0.15) is 30.0 Å². The number of halogens is 1. The third-order valence-electron chi connectivity index (χ3n) is 12.3. The van der Waals surface area contributed by atoms with Gasteiger partial charge in [-0.3, -0.25) is 14.4 Å². The molecule has 0 aliphatic carbocycles. The summed E-state index contributed by atoms with van der Waals surface area (Å²) in [6, 6.07) is 38.1. The maximum atomic E-state index is 15.3. The number of nitrogens with zero attached hydrogens (tertiary/aromatic N) is 4. The molecule has 302 valence electrons. The fraction of sp³-hybridized carbons (Fsp3) is 0.277. The lowest BCUT2D eigenvalue weighted by molar-refractivity contribution is -0.150. The van der Waals surface area contributed by atoms with Gasteiger partial charge in [0.25, 0.3) is 11.5 Å². The summed E-state index contributed by atoms with van der Waals surface area (Å²) >= 11 is 6.73. The maximum Gasteiger partial charge on any atom is 0.279 e. The van der Waals surface area contributed by atoms with E-state index in [1.54, 1.807) is 35.2 Å². The van der Waals surface area contributed by atoms with E-state index >= 15 is 4.79 Å². The summed E-state index contributed by atoms with van der Waals surface area (Å²) in [5.41, 5.74) is 1.97. The van der Waals surface area contributed by atoms with Crippen molar-refractivity contribution in [2.45, 2.75) is 56.8 Å². The number of rotatable bonds is 12. The number of amides is 2. The third kappa shape index (κ3) is 7.26. The van der Waals surface area contributed by atoms with Crippen molar-refractivity contribution in [3.63, 3.8) is 0 Å². The minimum absolute atomic E-state index is 0.0307. The lowest BCUT2D eigenvalue weighted by atomic mass is 9.82. The highest BCUT2D eigenvalue weighted by Gasteiger charge is 2.66. The van der Waals surface area contributed by atoms with E-state index in [1.807, 2.05) is 97.1 Å². The minimum atomic E-state index is -2.56. The Kier molecular flexibility index (Phi) is 11.1. The average Bonchev–Trinajstić information content (AvgIpc) is 3.67. The number of methoxy groups -OCH3 is 1. The van der Waals surface area contributed by atoms with Gasteiger partial charge in [-0.1, -0.05) is 110 Å². The molecule has 2 aliphatic rings. The average molecular weight is 827 g/mol. The number of fused-ring (bicyclic) bond motifs is 3. The molecule has 2 aliphatic heterocycles. The first kappa shape index (κ1) is 40.2. The molecule has 1 saturated heterocycles. The van der Waals surface area contributed by atoms with Gasteiger partial charge in [-0.15, -0.1) is 0 Å². The van der Waals surface area contributed by atoms with E-state index < -0.39 is 19.8 Å². The van der Waals surface area contributed by atoms with Gasteiger partial charge in [0.1, 0.15) is 5.75 Å². The molecule has 59 heavy (non-hydrogen) atoms. The van der Waals surface area contributed by atoms with Gasteiger partial charge in [0.05, 0.1) is 63.8 Å². The van der Waals surface area contributed by atoms with E-state index in [-0.39, 0.29) is 54.9 Å². The van der Waals surface area contributed by atoms with E-state index in [1.165, 1.54) is 4.68 Å². The van der Waals surface area contributed by atoms with Gasteiger partial charge in [-0.05, 0) is 65.2 Å². The zero-order valence-electron chi connectivity index (χ0n) is 33.5. The number of hydrogen-bond acceptors (Lipinski definition) is 7. The summed E-state index contributed by atoms with van der Waals surface area (Å²) in [6.45, 7) is 7.19. The maximum absolute atomic E-state index is 15.3. The fourth-order valence-corrected chi connectivity index (χ4v) is 13.5. The van der Waals surface area contributed by atoms with Gasteiger partial charge < -0.3 is 24.4 Å². The van der Waals surface area contributed by atoms with Gasteiger partial charge in [0, 0.05) is 35.0 Å². The summed E-state index contributed by atoms with van der Waals surface area (Å²) in [6.07, 6.45) is 1.09. The van der Waals surface area contributed by atoms with E-state index in [4.69, 9.17) is 21.1 Å². The molecule has 0 unspecified atom stereocenters. The highest BCUT2D eigenvalue weighted by atomic mass is 35.5. The van der Waals surface area contributed by atoms with Crippen LogP contribution in [-0.4, -0.2) is 66.0 Å². The molecule has 3 heterocycles. The summed E-state index contributed by atoms with van der Waals surface area (Å²) in [5, 5.41) is 17.4. The van der Waals surface area contributed by atoms with Crippen LogP contribution < -0.4 is 20.4 Å². The lowest BCUT2D eigenvalue weighted by Crippen LogP contribution is -2.52. The van der Waals surface area contributed by atoms with Gasteiger partial charge in [-0.25, -0.2) is 0 Å². The van der Waals surface area contributed by atoms with Gasteiger partial charge in [0.2, 0.25) is 5.91 Å². The largest absolute Gasteiger partial charge is 0.497 e. The summed E-state index contributed by atoms with van der Waals surface area (Å²) in [7, 11) is -0.915. The quantitative estimate of drug-likeness (QED) is 0.130. The number of carbonyl (C=O) groups excluding carboxylic acids is 2. The van der Waals surface area contributed by atoms with Crippen LogP contribution in [0.2, 0.25) is 23.7 Å². The van der Waals surface area contributed by atoms with Crippen molar-refractivity contribution < 1.29 is 24.2 Å². The molecule has 2 amide bonds. The Morgan fingerprint density at radius 3 is 2.36 bits per heavy atom. The first-order chi connectivity index (χ1) is 28.5. The SMILES string of the molecule is COc1ccc([Si](C)(C)[C@H]2[C@H](CC(=O)N(CCO)Cc3ccccc3)O[C@@]3(C(=O)N(Cc4ccc(-n5ncc6ccccc6c5=O)cc4)c4ccc(Cl)cc43)[C@@H]2C)cc1. The van der Waals surface area contributed by atoms with Crippen LogP contribution in [-0.2, 0) is 33.0 Å². The molecular formula is C47H47ClN4O6Si. The monoisotopic (exact) mass is 826 g/mol. The number of benzene rings is 5. The Morgan fingerprint density at radius 1 is 0.932 bits per heavy atom. The van der Waals surface area contributed by atoms with Crippen LogP contribution in [0, 0.1) is 5.92 Å². The molecule has 0 bridgehead atoms. The Morgan fingerprint density at radius 2 is 1.64 bits per heavy atom. The molecule has 4 atom stereocenters. The van der Waals surface area contributed by atoms with E-state index in [9.17, 15) is 14.7 Å². The second kappa shape index (κ2) is 16.2. The Bertz CT molecular complexity index is 2570. The molecule has 5 aromatic carbocycles. The Labute approximate surface area is 349 Å². The van der Waals surface area contributed by atoms with E-state index in [0.29, 0.717) is 33.9 Å². The summed E-state index contributed by atoms with van der Waals surface area (Å²) < 4.78 is 14.1. The van der Waals surface area contributed by atoms with Crippen molar-refractivity contribution in [2.75, 3.05) is 25.2 Å². The zero-order chi connectivity index (χ0) is 41.5. The minimum Gasteiger partial charge on any atom is -0.497 e. The highest BCUT2D eigenvalue weighted by Crippen LogP contribution is 2.60. The third-order valence-corrected chi connectivity index (χ3v) is 16.9. The number of aliphatic hydroxyl groups excluding tert-OH is 1. The van der Waals surface area contributed by atoms with Crippen molar-refractivity contribution in [1.29, 1.82) is 0 Å². The van der Waals surface area contributed by atoms with Crippen molar-refractivity contribution >= 4 is 53.1 Å². The van der Waals surface area contributed by atoms with Crippen LogP contribution >= 0.6 is 11.6 Å². The molecule has 1 fully saturated rings. The summed E-state index contributed by atoms with van der Waals surface area (Å²) in [5.74, 6) is 0.0226. The predicted molar refractivity (Wildman–Crippen MR) is 233 cm³/mol. The van der Waals surface area contributed by atoms with Gasteiger partial charge in [0.15, 0.2) is 5.60 Å². The fourth-order valence-electron chi connectivity index (χ4n) is 9.36. The molecule has 1 spiro atoms. The standard InChI is InChI=1S/C47H47ClN4O6Si/c1-31-44(59(3,4)38-21-19-37(57-2)20-22-38)42(27-43(54)50(24-25-53)29-32-10-6-5-7-11-32)58-47(31)40-26-35(48)16-23-41(40)51(46(47)56)30-33-14-17-36(18-15-33)52-45(55)39-13-9-8-12-34(39)28-49-52/h5-23,26,28,31,42,44,53H,24-25,27,29-30H2,1-4H3/t31-,42+,44-,47+/m1/s1. The lowest BCUT2D eigenvalue weighted by Gasteiger charge is -2.37. The highest BCUT2D eigenvalue weighted by molar-refractivity contribution is 6.91. The number of anilines is 1. The first-order valence-corrected chi connectivity index (χ1v) is 23.3. The number of aliphatic hydroxyl groups is 1. The van der Waals surface area contributed by atoms with Crippen molar-refractivity contribution in [3.05, 3.63) is 160 Å². The first-order valence-electron chi connectivity index (χ1n) is 19.9. The number of carbonyl (C=O) groups is 2. The van der Waals surface area contributed by atoms with Crippen molar-refractivity contribution in [2.24, 2.45) is 5.92 Å². The zero-order valence-corrected chi connectivity index (χ0v) is 35.3. The molecule has 0 radical (unpaired) electrons. The van der Waals surface area contributed by atoms with Crippen LogP contribution in [0.4, 0.5) is 5.69 Å². The second-order valence-electron chi connectivity index (χ2n) is 16.1. The van der Waals surface area contributed by atoms with Crippen LogP contribution in [0.3, 0.4) is 0 Å². The van der Waals surface area contributed by atoms with Gasteiger partial charge in [-0.2, -0.15) is 9.78 Å².